The predicted octanol–water partition coefficient (Wildman–Crippen LogP) is 3.42. The molecule has 28 heavy (non-hydrogen) atoms. The second-order valence-corrected chi connectivity index (χ2v) is 8.06. The van der Waals surface area contributed by atoms with E-state index in [-0.39, 0.29) is 5.91 Å². The number of aryl methyl sites for hydroxylation is 1. The number of aromatic nitrogens is 3. The van der Waals surface area contributed by atoms with Crippen LogP contribution in [0.5, 0.6) is 0 Å². The Labute approximate surface area is 168 Å². The van der Waals surface area contributed by atoms with Crippen molar-refractivity contribution in [2.24, 2.45) is 0 Å². The average molecular weight is 394 g/mol. The van der Waals surface area contributed by atoms with Crippen LogP contribution in [0.25, 0.3) is 11.4 Å². The summed E-state index contributed by atoms with van der Waals surface area (Å²) in [6, 6.07) is 17.8. The van der Waals surface area contributed by atoms with Crippen molar-refractivity contribution in [1.29, 1.82) is 0 Å². The van der Waals surface area contributed by atoms with Gasteiger partial charge in [-0.1, -0.05) is 71.9 Å². The van der Waals surface area contributed by atoms with Gasteiger partial charge >= 0.3 is 0 Å². The fourth-order valence-corrected chi connectivity index (χ4v) is 4.40. The van der Waals surface area contributed by atoms with Gasteiger partial charge < -0.3 is 10.7 Å². The molecule has 7 heteroatoms. The molecule has 1 fully saturated rings. The molecular weight excluding hydrogens is 370 g/mol. The van der Waals surface area contributed by atoms with Gasteiger partial charge in [0.1, 0.15) is 5.25 Å². The number of thioether (sulfide) groups is 1. The Bertz CT molecular complexity index is 949. The normalized spacial score (nSPS) is 15.0. The van der Waals surface area contributed by atoms with Crippen LogP contribution in [-0.4, -0.2) is 38.8 Å². The molecule has 6 nitrogen and oxygen atoms in total. The largest absolute Gasteiger partial charge is 0.341 e. The molecule has 1 unspecified atom stereocenters. The number of carbonyl (C=O) groups is 1. The molecule has 1 aromatic heterocycles. The number of nitrogens with two attached hydrogens (primary N) is 1. The van der Waals surface area contributed by atoms with Crippen molar-refractivity contribution >= 4 is 17.7 Å². The molecule has 1 aliphatic rings. The second-order valence-electron chi connectivity index (χ2n) is 6.98. The highest BCUT2D eigenvalue weighted by atomic mass is 32.2. The molecule has 1 atom stereocenters. The maximum atomic E-state index is 13.2. The van der Waals surface area contributed by atoms with Gasteiger partial charge in [-0.3, -0.25) is 4.79 Å². The third-order valence-electron chi connectivity index (χ3n) is 4.94. The first-order valence-corrected chi connectivity index (χ1v) is 10.3. The summed E-state index contributed by atoms with van der Waals surface area (Å²) in [5.41, 5.74) is 3.01. The monoisotopic (exact) mass is 393 g/mol. The Morgan fingerprint density at radius 2 is 1.71 bits per heavy atom. The minimum atomic E-state index is -0.392. The molecule has 0 saturated carbocycles. The topological polar surface area (TPSA) is 77.0 Å². The summed E-state index contributed by atoms with van der Waals surface area (Å²) in [4.78, 5) is 15.1. The van der Waals surface area contributed by atoms with E-state index in [9.17, 15) is 4.79 Å². The van der Waals surface area contributed by atoms with Gasteiger partial charge in [-0.15, -0.1) is 10.2 Å². The van der Waals surface area contributed by atoms with Gasteiger partial charge in [0.2, 0.25) is 11.1 Å². The van der Waals surface area contributed by atoms with E-state index in [2.05, 4.69) is 10.2 Å². The van der Waals surface area contributed by atoms with Crippen LogP contribution in [0.15, 0.2) is 59.8 Å². The first-order valence-electron chi connectivity index (χ1n) is 9.41. The van der Waals surface area contributed by atoms with Crippen molar-refractivity contribution in [2.45, 2.75) is 30.2 Å². The highest BCUT2D eigenvalue weighted by molar-refractivity contribution is 8.00. The van der Waals surface area contributed by atoms with Crippen LogP contribution in [-0.2, 0) is 4.79 Å². The lowest BCUT2D eigenvalue weighted by Crippen LogP contribution is -2.31. The van der Waals surface area contributed by atoms with Crippen molar-refractivity contribution in [2.75, 3.05) is 18.9 Å². The van der Waals surface area contributed by atoms with E-state index in [4.69, 9.17) is 5.84 Å². The summed E-state index contributed by atoms with van der Waals surface area (Å²) < 4.78 is 1.47. The van der Waals surface area contributed by atoms with E-state index in [1.807, 2.05) is 66.4 Å². The fourth-order valence-electron chi connectivity index (χ4n) is 3.35. The Morgan fingerprint density at radius 3 is 2.39 bits per heavy atom. The molecule has 0 radical (unpaired) electrons. The number of amides is 1. The zero-order valence-electron chi connectivity index (χ0n) is 15.8. The summed E-state index contributed by atoms with van der Waals surface area (Å²) in [6.45, 7) is 3.66. The smallest absolute Gasteiger partial charge is 0.240 e. The number of hydrogen-bond donors (Lipinski definition) is 1. The van der Waals surface area contributed by atoms with Gasteiger partial charge in [0.05, 0.1) is 0 Å². The first-order chi connectivity index (χ1) is 13.6. The van der Waals surface area contributed by atoms with Gasteiger partial charge in [-0.25, -0.2) is 4.68 Å². The number of nitrogens with zero attached hydrogens (tertiary/aromatic N) is 4. The molecule has 144 valence electrons. The number of likely N-dealkylation sites (tertiary alicyclic amines) is 1. The van der Waals surface area contributed by atoms with Crippen LogP contribution in [0, 0.1) is 6.92 Å². The molecular formula is C21H23N5OS. The highest BCUT2D eigenvalue weighted by Gasteiger charge is 2.30. The fraction of sp³-hybridized carbons (Fsp3) is 0.286. The highest BCUT2D eigenvalue weighted by Crippen LogP contribution is 2.37. The molecule has 0 bridgehead atoms. The van der Waals surface area contributed by atoms with Gasteiger partial charge in [0.25, 0.3) is 0 Å². The second kappa shape index (κ2) is 8.06. The SMILES string of the molecule is Cc1ccc(-c2nnc(SC(C(=O)N3CCCC3)c3ccccc3)n2N)cc1. The van der Waals surface area contributed by atoms with E-state index in [0.29, 0.717) is 11.0 Å². The van der Waals surface area contributed by atoms with Crippen LogP contribution < -0.4 is 5.84 Å². The number of hydrogen-bond acceptors (Lipinski definition) is 5. The number of nitrogen functional groups attached to an aromatic ring is 1. The number of rotatable bonds is 5. The Kier molecular flexibility index (Phi) is 5.34. The van der Waals surface area contributed by atoms with Crippen LogP contribution in [0.1, 0.15) is 29.2 Å². The van der Waals surface area contributed by atoms with Crippen LogP contribution in [0.3, 0.4) is 0 Å². The predicted molar refractivity (Wildman–Crippen MR) is 111 cm³/mol. The molecule has 0 spiro atoms. The molecule has 1 amide bonds. The van der Waals surface area contributed by atoms with Gasteiger partial charge in [-0.2, -0.15) is 0 Å². The maximum Gasteiger partial charge on any atom is 0.240 e. The van der Waals surface area contributed by atoms with Crippen molar-refractivity contribution in [3.8, 4) is 11.4 Å². The summed E-state index contributed by atoms with van der Waals surface area (Å²) >= 11 is 1.36. The van der Waals surface area contributed by atoms with Crippen LogP contribution in [0.2, 0.25) is 0 Å². The molecule has 2 N–H and O–H groups in total. The minimum absolute atomic E-state index is 0.105. The molecule has 1 aliphatic heterocycles. The zero-order chi connectivity index (χ0) is 19.5. The lowest BCUT2D eigenvalue weighted by atomic mass is 10.1. The van der Waals surface area contributed by atoms with Crippen LogP contribution >= 0.6 is 11.8 Å². The van der Waals surface area contributed by atoms with Crippen molar-refractivity contribution in [1.82, 2.24) is 19.8 Å². The third-order valence-corrected chi connectivity index (χ3v) is 6.14. The molecule has 4 rings (SSSR count). The number of carbonyl (C=O) groups excluding carboxylic acids is 1. The van der Waals surface area contributed by atoms with Gasteiger partial charge in [-0.05, 0) is 25.3 Å². The molecule has 3 aromatic rings. The van der Waals surface area contributed by atoms with Crippen LogP contribution in [0.4, 0.5) is 0 Å². The summed E-state index contributed by atoms with van der Waals surface area (Å²) in [7, 11) is 0. The van der Waals surface area contributed by atoms with E-state index in [0.717, 1.165) is 37.1 Å². The quantitative estimate of drug-likeness (QED) is 0.531. The van der Waals surface area contributed by atoms with Gasteiger partial charge in [0.15, 0.2) is 5.82 Å². The molecule has 2 heterocycles. The molecule has 1 saturated heterocycles. The third kappa shape index (κ3) is 3.75. The van der Waals surface area contributed by atoms with Crippen molar-refractivity contribution < 1.29 is 4.79 Å². The standard InChI is InChI=1S/C21H23N5OS/c1-15-9-11-17(12-10-15)19-23-24-21(26(19)22)28-18(16-7-3-2-4-8-16)20(27)25-13-5-6-14-25/h2-4,7-12,18H,5-6,13-14,22H2,1H3. The van der Waals surface area contributed by atoms with Crippen molar-refractivity contribution in [3.05, 3.63) is 65.7 Å². The number of benzene rings is 2. The summed E-state index contributed by atoms with van der Waals surface area (Å²) in [5.74, 6) is 6.99. The lowest BCUT2D eigenvalue weighted by Gasteiger charge is -2.22. The van der Waals surface area contributed by atoms with E-state index < -0.39 is 5.25 Å². The van der Waals surface area contributed by atoms with E-state index in [1.165, 1.54) is 22.0 Å². The van der Waals surface area contributed by atoms with E-state index >= 15 is 0 Å². The zero-order valence-corrected chi connectivity index (χ0v) is 16.6. The van der Waals surface area contributed by atoms with Gasteiger partial charge in [0, 0.05) is 18.7 Å². The molecule has 2 aromatic carbocycles. The Hall–Kier alpha value is -2.80. The average Bonchev–Trinajstić information content (AvgIpc) is 3.38. The summed E-state index contributed by atoms with van der Waals surface area (Å²) in [5, 5.41) is 8.66. The first kappa shape index (κ1) is 18.6. The van der Waals surface area contributed by atoms with E-state index in [1.54, 1.807) is 0 Å². The molecule has 0 aliphatic carbocycles. The maximum absolute atomic E-state index is 13.2. The minimum Gasteiger partial charge on any atom is -0.341 e. The lowest BCUT2D eigenvalue weighted by molar-refractivity contribution is -0.129. The Balaban J connectivity index is 1.63. The summed E-state index contributed by atoms with van der Waals surface area (Å²) in [6.07, 6.45) is 2.12. The van der Waals surface area contributed by atoms with Crippen molar-refractivity contribution in [3.63, 3.8) is 0 Å². The Morgan fingerprint density at radius 1 is 1.04 bits per heavy atom.